The Morgan fingerprint density at radius 1 is 1.36 bits per heavy atom. The number of fused-ring (bicyclic) bond motifs is 2. The molecule has 0 amide bonds. The summed E-state index contributed by atoms with van der Waals surface area (Å²) >= 11 is 6.13. The molecular weight excluding hydrogens is 306 g/mol. The van der Waals surface area contributed by atoms with Crippen molar-refractivity contribution < 1.29 is 4.74 Å². The lowest BCUT2D eigenvalue weighted by Gasteiger charge is -2.06. The first-order chi connectivity index (χ1) is 10.6. The zero-order valence-electron chi connectivity index (χ0n) is 12.2. The molecule has 0 fully saturated rings. The fourth-order valence-corrected chi connectivity index (χ4v) is 2.68. The van der Waals surface area contributed by atoms with Crippen LogP contribution in [0.15, 0.2) is 6.20 Å². The van der Waals surface area contributed by atoms with Crippen LogP contribution in [-0.4, -0.2) is 36.1 Å². The Kier molecular flexibility index (Phi) is 2.93. The van der Waals surface area contributed by atoms with Gasteiger partial charge >= 0.3 is 0 Å². The molecule has 3 aromatic rings. The van der Waals surface area contributed by atoms with Gasteiger partial charge in [-0.2, -0.15) is 10.1 Å². The highest BCUT2D eigenvalue weighted by atomic mass is 35.5. The number of aromatic nitrogens is 6. The van der Waals surface area contributed by atoms with Crippen LogP contribution in [0, 0.1) is 6.92 Å². The van der Waals surface area contributed by atoms with Gasteiger partial charge in [0, 0.05) is 26.2 Å². The molecule has 1 aliphatic heterocycles. The van der Waals surface area contributed by atoms with Gasteiger partial charge in [0.15, 0.2) is 10.8 Å². The summed E-state index contributed by atoms with van der Waals surface area (Å²) < 4.78 is 9.33. The maximum atomic E-state index is 6.13. The fraction of sp³-hybridized carbons (Fsp3) is 0.385. The van der Waals surface area contributed by atoms with Crippen LogP contribution in [0.4, 0.5) is 11.6 Å². The molecule has 0 atom stereocenters. The lowest BCUT2D eigenvalue weighted by molar-refractivity contribution is 0.287. The molecule has 0 radical (unpaired) electrons. The van der Waals surface area contributed by atoms with Crippen molar-refractivity contribution in [1.29, 1.82) is 0 Å². The molecule has 0 aliphatic carbocycles. The molecule has 0 saturated heterocycles. The molecule has 22 heavy (non-hydrogen) atoms. The molecule has 8 nitrogen and oxygen atoms in total. The maximum Gasteiger partial charge on any atom is 0.257 e. The SMILES string of the molecule is Cc1c2c(nn1C)OCCCn1nc(Cl)c3cnc(nc31)N2. The summed E-state index contributed by atoms with van der Waals surface area (Å²) in [5.41, 5.74) is 2.44. The van der Waals surface area contributed by atoms with Crippen molar-refractivity contribution in [2.24, 2.45) is 7.05 Å². The summed E-state index contributed by atoms with van der Waals surface area (Å²) in [6.45, 7) is 3.16. The van der Waals surface area contributed by atoms with E-state index in [4.69, 9.17) is 16.3 Å². The monoisotopic (exact) mass is 319 g/mol. The molecule has 2 bridgehead atoms. The zero-order valence-corrected chi connectivity index (χ0v) is 12.9. The molecule has 4 rings (SSSR count). The Morgan fingerprint density at radius 2 is 2.23 bits per heavy atom. The highest BCUT2D eigenvalue weighted by Crippen LogP contribution is 2.30. The van der Waals surface area contributed by atoms with E-state index >= 15 is 0 Å². The standard InChI is InChI=1S/C13H14ClN7O/c1-7-9-12(19-20(7)2)22-5-3-4-21-11-8(10(14)18-21)6-15-13(16-9)17-11/h6H,3-5H2,1-2H3,(H,15,16,17). The van der Waals surface area contributed by atoms with E-state index in [9.17, 15) is 0 Å². The third-order valence-electron chi connectivity index (χ3n) is 3.74. The number of nitrogens with one attached hydrogen (secondary N) is 1. The van der Waals surface area contributed by atoms with Crippen molar-refractivity contribution in [3.05, 3.63) is 17.0 Å². The normalized spacial score (nSPS) is 14.3. The van der Waals surface area contributed by atoms with Crippen molar-refractivity contribution in [2.75, 3.05) is 11.9 Å². The quantitative estimate of drug-likeness (QED) is 0.683. The first-order valence-electron chi connectivity index (χ1n) is 6.96. The van der Waals surface area contributed by atoms with E-state index in [0.717, 1.165) is 23.2 Å². The van der Waals surface area contributed by atoms with Gasteiger partial charge in [-0.05, 0) is 6.92 Å². The molecule has 0 spiro atoms. The van der Waals surface area contributed by atoms with Gasteiger partial charge in [0.2, 0.25) is 5.95 Å². The predicted octanol–water partition coefficient (Wildman–Crippen LogP) is 2.05. The third kappa shape index (κ3) is 1.98. The van der Waals surface area contributed by atoms with E-state index in [1.165, 1.54) is 0 Å². The second-order valence-corrected chi connectivity index (χ2v) is 5.52. The average Bonchev–Trinajstić information content (AvgIpc) is 2.95. The summed E-state index contributed by atoms with van der Waals surface area (Å²) in [4.78, 5) is 8.83. The largest absolute Gasteiger partial charge is 0.475 e. The second kappa shape index (κ2) is 4.84. The Balaban J connectivity index is 1.88. The second-order valence-electron chi connectivity index (χ2n) is 5.16. The van der Waals surface area contributed by atoms with Crippen LogP contribution in [0.2, 0.25) is 5.15 Å². The lowest BCUT2D eigenvalue weighted by atomic mass is 10.4. The fourth-order valence-electron chi connectivity index (χ4n) is 2.46. The minimum Gasteiger partial charge on any atom is -0.475 e. The Labute approximate surface area is 131 Å². The topological polar surface area (TPSA) is 82.7 Å². The first kappa shape index (κ1) is 13.3. The molecule has 4 heterocycles. The molecule has 0 unspecified atom stereocenters. The smallest absolute Gasteiger partial charge is 0.257 e. The summed E-state index contributed by atoms with van der Waals surface area (Å²) in [5.74, 6) is 1.02. The van der Waals surface area contributed by atoms with Gasteiger partial charge in [0.05, 0.1) is 17.7 Å². The third-order valence-corrected chi connectivity index (χ3v) is 4.01. The van der Waals surface area contributed by atoms with Gasteiger partial charge in [-0.3, -0.25) is 4.68 Å². The molecule has 1 aliphatic rings. The summed E-state index contributed by atoms with van der Waals surface area (Å²) in [6.07, 6.45) is 2.46. The number of hydrogen-bond acceptors (Lipinski definition) is 6. The number of hydrogen-bond donors (Lipinski definition) is 1. The van der Waals surface area contributed by atoms with Crippen molar-refractivity contribution in [3.63, 3.8) is 0 Å². The molecular formula is C13H14ClN7O. The van der Waals surface area contributed by atoms with E-state index in [1.54, 1.807) is 15.6 Å². The van der Waals surface area contributed by atoms with Crippen molar-refractivity contribution in [1.82, 2.24) is 29.5 Å². The van der Waals surface area contributed by atoms with Crippen molar-refractivity contribution in [2.45, 2.75) is 19.9 Å². The predicted molar refractivity (Wildman–Crippen MR) is 81.7 cm³/mol. The summed E-state index contributed by atoms with van der Waals surface area (Å²) in [5, 5.41) is 13.0. The van der Waals surface area contributed by atoms with E-state index in [1.807, 2.05) is 14.0 Å². The van der Waals surface area contributed by atoms with Crippen LogP contribution in [0.1, 0.15) is 12.1 Å². The van der Waals surface area contributed by atoms with Gasteiger partial charge < -0.3 is 10.1 Å². The molecule has 3 aromatic heterocycles. The van der Waals surface area contributed by atoms with Crippen LogP contribution >= 0.6 is 11.6 Å². The first-order valence-corrected chi connectivity index (χ1v) is 7.34. The highest BCUT2D eigenvalue weighted by Gasteiger charge is 2.18. The van der Waals surface area contributed by atoms with E-state index in [0.29, 0.717) is 35.8 Å². The van der Waals surface area contributed by atoms with Crippen LogP contribution in [0.5, 0.6) is 5.88 Å². The van der Waals surface area contributed by atoms with Gasteiger partial charge in [-0.1, -0.05) is 11.6 Å². The van der Waals surface area contributed by atoms with E-state index in [-0.39, 0.29) is 0 Å². The number of anilines is 2. The maximum absolute atomic E-state index is 6.13. The lowest BCUT2D eigenvalue weighted by Crippen LogP contribution is -2.06. The molecule has 114 valence electrons. The Bertz CT molecular complexity index is 869. The minimum atomic E-state index is 0.415. The minimum absolute atomic E-state index is 0.415. The van der Waals surface area contributed by atoms with Crippen LogP contribution < -0.4 is 10.1 Å². The molecule has 1 N–H and O–H groups in total. The van der Waals surface area contributed by atoms with Gasteiger partial charge in [0.25, 0.3) is 5.88 Å². The van der Waals surface area contributed by atoms with Crippen LogP contribution in [0.3, 0.4) is 0 Å². The van der Waals surface area contributed by atoms with Crippen molar-refractivity contribution >= 4 is 34.3 Å². The van der Waals surface area contributed by atoms with Gasteiger partial charge in [-0.25, -0.2) is 9.67 Å². The molecule has 0 aromatic carbocycles. The van der Waals surface area contributed by atoms with Crippen molar-refractivity contribution in [3.8, 4) is 5.88 Å². The number of rotatable bonds is 0. The molecule has 0 saturated carbocycles. The number of halogens is 1. The zero-order chi connectivity index (χ0) is 15.3. The van der Waals surface area contributed by atoms with E-state index in [2.05, 4.69) is 25.5 Å². The average molecular weight is 320 g/mol. The highest BCUT2D eigenvalue weighted by molar-refractivity contribution is 6.34. The number of ether oxygens (including phenoxy) is 1. The Morgan fingerprint density at radius 3 is 3.09 bits per heavy atom. The van der Waals surface area contributed by atoms with Crippen LogP contribution in [0.25, 0.3) is 11.0 Å². The Hall–Kier alpha value is -2.35. The van der Waals surface area contributed by atoms with Gasteiger partial charge in [0.1, 0.15) is 5.69 Å². The molecule has 9 heteroatoms. The number of nitrogens with zero attached hydrogens (tertiary/aromatic N) is 6. The van der Waals surface area contributed by atoms with Crippen LogP contribution in [-0.2, 0) is 13.6 Å². The summed E-state index contributed by atoms with van der Waals surface area (Å²) in [7, 11) is 1.87. The number of aryl methyl sites for hydroxylation is 2. The summed E-state index contributed by atoms with van der Waals surface area (Å²) in [6, 6.07) is 0. The van der Waals surface area contributed by atoms with E-state index < -0.39 is 0 Å². The van der Waals surface area contributed by atoms with Gasteiger partial charge in [-0.15, -0.1) is 5.10 Å².